The lowest BCUT2D eigenvalue weighted by atomic mass is 9.94. The van der Waals surface area contributed by atoms with E-state index in [1.165, 1.54) is 0 Å². The highest BCUT2D eigenvalue weighted by molar-refractivity contribution is 7.89. The topological polar surface area (TPSA) is 120 Å². The molecule has 0 aromatic heterocycles. The fraction of sp³-hybridized carbons (Fsp3) is 0.321. The number of nitrogens with zero attached hydrogens (tertiary/aromatic N) is 1. The number of rotatable bonds is 10. The molecule has 3 aromatic rings. The summed E-state index contributed by atoms with van der Waals surface area (Å²) < 4.78 is 64.9. The van der Waals surface area contributed by atoms with Gasteiger partial charge in [0.1, 0.15) is 11.5 Å². The molecule has 2 atom stereocenters. The van der Waals surface area contributed by atoms with Crippen LogP contribution in [-0.2, 0) is 31.3 Å². The van der Waals surface area contributed by atoms with Crippen LogP contribution in [0.25, 0.3) is 0 Å². The fourth-order valence-corrected chi connectivity index (χ4v) is 5.58. The van der Waals surface area contributed by atoms with Gasteiger partial charge in [-0.1, -0.05) is 42.0 Å². The lowest BCUT2D eigenvalue weighted by molar-refractivity contribution is -0.0228. The van der Waals surface area contributed by atoms with E-state index in [2.05, 4.69) is 9.93 Å². The fourth-order valence-electron chi connectivity index (χ4n) is 4.27. The number of sulfonamides is 1. The first-order valence-electron chi connectivity index (χ1n) is 12.4. The van der Waals surface area contributed by atoms with Crippen LogP contribution in [-0.4, -0.2) is 42.0 Å². The van der Waals surface area contributed by atoms with Gasteiger partial charge in [-0.3, -0.25) is 0 Å². The molecule has 0 spiro atoms. The van der Waals surface area contributed by atoms with Gasteiger partial charge in [0.05, 0.1) is 30.5 Å². The van der Waals surface area contributed by atoms with Gasteiger partial charge in [-0.15, -0.1) is 0 Å². The predicted molar refractivity (Wildman–Crippen MR) is 149 cm³/mol. The van der Waals surface area contributed by atoms with Crippen LogP contribution in [0.5, 0.6) is 11.5 Å². The summed E-state index contributed by atoms with van der Waals surface area (Å²) in [7, 11) is -5.79. The standard InChI is InChI=1S/C28H32N2O7S2/c1-20-4-16-27(17-5-20)39(33,34)30-29-23-18-26(36-28(19-23)22-9-14-24(35-2)15-10-22)13-8-21-6-11-25(12-7-21)37-38(3,31)32/h4-7,9-12,14-17,26,28,30H,8,13,18-19H2,1-3H3/b29-23+/t26-,28-/m0/s1. The smallest absolute Gasteiger partial charge is 0.306 e. The number of hydrogen-bond acceptors (Lipinski definition) is 8. The molecule has 1 aliphatic heterocycles. The normalized spacial score (nSPS) is 19.0. The van der Waals surface area contributed by atoms with Gasteiger partial charge >= 0.3 is 10.1 Å². The molecule has 0 aliphatic carbocycles. The third-order valence-corrected chi connectivity index (χ3v) is 8.03. The predicted octanol–water partition coefficient (Wildman–Crippen LogP) is 4.53. The van der Waals surface area contributed by atoms with E-state index in [0.29, 0.717) is 31.4 Å². The molecule has 1 N–H and O–H groups in total. The van der Waals surface area contributed by atoms with Crippen molar-refractivity contribution >= 4 is 25.9 Å². The Balaban J connectivity index is 1.49. The number of nitrogens with one attached hydrogen (secondary N) is 1. The van der Waals surface area contributed by atoms with E-state index in [4.69, 9.17) is 13.7 Å². The van der Waals surface area contributed by atoms with Crippen molar-refractivity contribution in [2.24, 2.45) is 5.10 Å². The van der Waals surface area contributed by atoms with E-state index in [0.717, 1.165) is 28.7 Å². The van der Waals surface area contributed by atoms with Crippen LogP contribution in [0.2, 0.25) is 0 Å². The van der Waals surface area contributed by atoms with Crippen LogP contribution in [0.4, 0.5) is 0 Å². The van der Waals surface area contributed by atoms with E-state index in [1.54, 1.807) is 43.5 Å². The quantitative estimate of drug-likeness (QED) is 0.280. The summed E-state index contributed by atoms with van der Waals surface area (Å²) in [4.78, 5) is 2.54. The zero-order valence-corrected chi connectivity index (χ0v) is 23.7. The van der Waals surface area contributed by atoms with Crippen molar-refractivity contribution in [3.05, 3.63) is 89.5 Å². The summed E-state index contributed by atoms with van der Waals surface area (Å²) in [6, 6.07) is 21.0. The molecule has 11 heteroatoms. The molecule has 1 saturated heterocycles. The van der Waals surface area contributed by atoms with E-state index < -0.39 is 20.1 Å². The van der Waals surface area contributed by atoms with Crippen molar-refractivity contribution in [2.45, 2.75) is 49.7 Å². The Kier molecular flexibility index (Phi) is 8.94. The molecule has 0 saturated carbocycles. The van der Waals surface area contributed by atoms with E-state index in [1.807, 2.05) is 43.3 Å². The molecule has 0 radical (unpaired) electrons. The minimum absolute atomic E-state index is 0.149. The zero-order chi connectivity index (χ0) is 28.0. The number of methoxy groups -OCH3 is 1. The van der Waals surface area contributed by atoms with Crippen LogP contribution in [0.1, 0.15) is 42.1 Å². The van der Waals surface area contributed by atoms with Crippen LogP contribution < -0.4 is 13.8 Å². The highest BCUT2D eigenvalue weighted by atomic mass is 32.2. The molecule has 4 rings (SSSR count). The maximum atomic E-state index is 12.8. The number of ether oxygens (including phenoxy) is 2. The summed E-state index contributed by atoms with van der Waals surface area (Å²) in [6.07, 6.45) is 2.73. The first kappa shape index (κ1) is 28.6. The van der Waals surface area contributed by atoms with Crippen molar-refractivity contribution in [3.8, 4) is 11.5 Å². The first-order chi connectivity index (χ1) is 18.5. The summed E-state index contributed by atoms with van der Waals surface area (Å²) in [5.74, 6) is 0.985. The minimum atomic E-state index is -3.81. The molecule has 0 amide bonds. The summed E-state index contributed by atoms with van der Waals surface area (Å²) in [5, 5.41) is 4.31. The molecule has 1 aliphatic rings. The van der Waals surface area contributed by atoms with Gasteiger partial charge < -0.3 is 13.7 Å². The zero-order valence-electron chi connectivity index (χ0n) is 22.0. The number of aryl methyl sites for hydroxylation is 2. The first-order valence-corrected chi connectivity index (χ1v) is 15.7. The van der Waals surface area contributed by atoms with Crippen LogP contribution in [0, 0.1) is 6.92 Å². The average Bonchev–Trinajstić information content (AvgIpc) is 2.91. The lowest BCUT2D eigenvalue weighted by Gasteiger charge is -2.31. The highest BCUT2D eigenvalue weighted by Gasteiger charge is 2.28. The molecule has 0 unspecified atom stereocenters. The van der Waals surface area contributed by atoms with Crippen LogP contribution >= 0.6 is 0 Å². The Morgan fingerprint density at radius 2 is 1.54 bits per heavy atom. The summed E-state index contributed by atoms with van der Waals surface area (Å²) in [6.45, 7) is 1.89. The van der Waals surface area contributed by atoms with Gasteiger partial charge in [-0.25, -0.2) is 4.83 Å². The molecule has 1 fully saturated rings. The largest absolute Gasteiger partial charge is 0.497 e. The molecular weight excluding hydrogens is 540 g/mol. The van der Waals surface area contributed by atoms with Crippen molar-refractivity contribution in [2.75, 3.05) is 13.4 Å². The average molecular weight is 573 g/mol. The molecule has 1 heterocycles. The Hall–Kier alpha value is -3.41. The van der Waals surface area contributed by atoms with Gasteiger partial charge in [0.25, 0.3) is 10.0 Å². The van der Waals surface area contributed by atoms with Gasteiger partial charge in [0.2, 0.25) is 0 Å². The maximum absolute atomic E-state index is 12.8. The number of hydrogen-bond donors (Lipinski definition) is 1. The maximum Gasteiger partial charge on any atom is 0.306 e. The number of benzene rings is 3. The van der Waals surface area contributed by atoms with E-state index in [9.17, 15) is 16.8 Å². The van der Waals surface area contributed by atoms with Crippen LogP contribution in [0.15, 0.2) is 82.8 Å². The van der Waals surface area contributed by atoms with Crippen molar-refractivity contribution < 1.29 is 30.5 Å². The summed E-state index contributed by atoms with van der Waals surface area (Å²) in [5.41, 5.74) is 3.59. The molecule has 9 nitrogen and oxygen atoms in total. The second-order valence-electron chi connectivity index (χ2n) is 9.48. The number of hydrazone groups is 1. The minimum Gasteiger partial charge on any atom is -0.497 e. The molecular formula is C28H32N2O7S2. The molecule has 3 aromatic carbocycles. The highest BCUT2D eigenvalue weighted by Crippen LogP contribution is 2.33. The summed E-state index contributed by atoms with van der Waals surface area (Å²) >= 11 is 0. The van der Waals surface area contributed by atoms with Gasteiger partial charge in [0.15, 0.2) is 0 Å². The second-order valence-corrected chi connectivity index (χ2v) is 12.7. The van der Waals surface area contributed by atoms with Crippen molar-refractivity contribution in [1.29, 1.82) is 0 Å². The Labute approximate surface area is 230 Å². The van der Waals surface area contributed by atoms with Crippen molar-refractivity contribution in [1.82, 2.24) is 4.83 Å². The SMILES string of the molecule is COc1ccc([C@@H]2C/C(=N/NS(=O)(=O)c3ccc(C)cc3)C[C@H](CCc3ccc(OS(C)(=O)=O)cc3)O2)cc1. The lowest BCUT2D eigenvalue weighted by Crippen LogP contribution is -2.31. The van der Waals surface area contributed by atoms with E-state index >= 15 is 0 Å². The molecule has 39 heavy (non-hydrogen) atoms. The molecule has 0 bridgehead atoms. The van der Waals surface area contributed by atoms with Gasteiger partial charge in [0, 0.05) is 18.6 Å². The van der Waals surface area contributed by atoms with Crippen molar-refractivity contribution in [3.63, 3.8) is 0 Å². The Bertz CT molecular complexity index is 1500. The Morgan fingerprint density at radius 1 is 0.897 bits per heavy atom. The molecule has 208 valence electrons. The van der Waals surface area contributed by atoms with Gasteiger partial charge in [-0.2, -0.15) is 21.9 Å². The van der Waals surface area contributed by atoms with Crippen LogP contribution in [0.3, 0.4) is 0 Å². The third kappa shape index (κ3) is 8.29. The van der Waals surface area contributed by atoms with Gasteiger partial charge in [-0.05, 0) is 67.3 Å². The monoisotopic (exact) mass is 572 g/mol. The van der Waals surface area contributed by atoms with E-state index in [-0.39, 0.29) is 22.9 Å². The third-order valence-electron chi connectivity index (χ3n) is 6.31. The Morgan fingerprint density at radius 3 is 2.15 bits per heavy atom. The second kappa shape index (κ2) is 12.2.